The number of hydrogen-bond acceptors (Lipinski definition) is 2. The van der Waals surface area contributed by atoms with Crippen LogP contribution >= 0.6 is 12.4 Å². The Bertz CT molecular complexity index is 382. The third-order valence-electron chi connectivity index (χ3n) is 2.86. The maximum Gasteiger partial charge on any atom is 0.234 e. The van der Waals surface area contributed by atoms with Crippen molar-refractivity contribution >= 4 is 18.3 Å². The molecule has 0 saturated carbocycles. The maximum absolute atomic E-state index is 12.8. The molecule has 0 radical (unpaired) electrons. The molecule has 1 atom stereocenters. The number of likely N-dealkylation sites (N-methyl/N-ethyl adjacent to an activating group) is 1. The zero-order valence-corrected chi connectivity index (χ0v) is 12.4. The van der Waals surface area contributed by atoms with Crippen molar-refractivity contribution in [3.63, 3.8) is 0 Å². The van der Waals surface area contributed by atoms with Crippen LogP contribution in [0.25, 0.3) is 0 Å². The standard InChI is InChI=1S/C14H21FN2O.ClH/c1-10(2)13(17-14(18)9-16-3)8-11-4-6-12(15)7-5-11;/h4-7,10,13,16H,8-9H2,1-3H3,(H,17,18);1H. The molecule has 108 valence electrons. The number of halogens is 2. The lowest BCUT2D eigenvalue weighted by atomic mass is 9.96. The Morgan fingerprint density at radius 1 is 1.26 bits per heavy atom. The van der Waals surface area contributed by atoms with Gasteiger partial charge in [-0.05, 0) is 37.1 Å². The van der Waals surface area contributed by atoms with Gasteiger partial charge >= 0.3 is 0 Å². The SMILES string of the molecule is CNCC(=O)NC(Cc1ccc(F)cc1)C(C)C.Cl. The average Bonchev–Trinajstić information content (AvgIpc) is 2.31. The Morgan fingerprint density at radius 3 is 2.32 bits per heavy atom. The van der Waals surface area contributed by atoms with Gasteiger partial charge in [0.1, 0.15) is 5.82 Å². The smallest absolute Gasteiger partial charge is 0.234 e. The van der Waals surface area contributed by atoms with E-state index in [0.29, 0.717) is 18.9 Å². The summed E-state index contributed by atoms with van der Waals surface area (Å²) in [7, 11) is 1.74. The highest BCUT2D eigenvalue weighted by Gasteiger charge is 2.16. The van der Waals surface area contributed by atoms with Gasteiger partial charge in [0, 0.05) is 6.04 Å². The first-order valence-corrected chi connectivity index (χ1v) is 6.21. The van der Waals surface area contributed by atoms with Crippen molar-refractivity contribution in [1.29, 1.82) is 0 Å². The highest BCUT2D eigenvalue weighted by atomic mass is 35.5. The second-order valence-electron chi connectivity index (χ2n) is 4.78. The largest absolute Gasteiger partial charge is 0.352 e. The summed E-state index contributed by atoms with van der Waals surface area (Å²) in [4.78, 5) is 11.6. The van der Waals surface area contributed by atoms with E-state index in [-0.39, 0.29) is 30.2 Å². The fourth-order valence-corrected chi connectivity index (χ4v) is 1.75. The zero-order valence-electron chi connectivity index (χ0n) is 11.6. The van der Waals surface area contributed by atoms with Crippen LogP contribution in [0.4, 0.5) is 4.39 Å². The average molecular weight is 289 g/mol. The van der Waals surface area contributed by atoms with Crippen LogP contribution in [0, 0.1) is 11.7 Å². The molecule has 0 bridgehead atoms. The van der Waals surface area contributed by atoms with E-state index in [1.165, 1.54) is 12.1 Å². The predicted octanol–water partition coefficient (Wildman–Crippen LogP) is 2.15. The zero-order chi connectivity index (χ0) is 13.5. The van der Waals surface area contributed by atoms with E-state index in [9.17, 15) is 9.18 Å². The monoisotopic (exact) mass is 288 g/mol. The molecule has 1 unspecified atom stereocenters. The van der Waals surface area contributed by atoms with Crippen LogP contribution in [0.15, 0.2) is 24.3 Å². The summed E-state index contributed by atoms with van der Waals surface area (Å²) >= 11 is 0. The van der Waals surface area contributed by atoms with Gasteiger partial charge in [0.05, 0.1) is 6.54 Å². The number of carbonyl (C=O) groups is 1. The van der Waals surface area contributed by atoms with Crippen LogP contribution in [0.3, 0.4) is 0 Å². The highest BCUT2D eigenvalue weighted by Crippen LogP contribution is 2.11. The molecule has 2 N–H and O–H groups in total. The molecule has 1 aromatic rings. The highest BCUT2D eigenvalue weighted by molar-refractivity contribution is 5.85. The summed E-state index contributed by atoms with van der Waals surface area (Å²) in [6.45, 7) is 4.44. The number of hydrogen-bond donors (Lipinski definition) is 2. The number of benzene rings is 1. The Balaban J connectivity index is 0.00000324. The van der Waals surface area contributed by atoms with E-state index in [2.05, 4.69) is 24.5 Å². The van der Waals surface area contributed by atoms with Gasteiger partial charge in [0.2, 0.25) is 5.91 Å². The number of rotatable bonds is 6. The van der Waals surface area contributed by atoms with E-state index in [0.717, 1.165) is 5.56 Å². The molecule has 0 heterocycles. The van der Waals surface area contributed by atoms with Crippen LogP contribution in [-0.4, -0.2) is 25.5 Å². The molecular weight excluding hydrogens is 267 g/mol. The molecule has 0 saturated heterocycles. The fourth-order valence-electron chi connectivity index (χ4n) is 1.75. The first-order chi connectivity index (χ1) is 8.52. The van der Waals surface area contributed by atoms with Crippen LogP contribution in [0.1, 0.15) is 19.4 Å². The normalized spacial score (nSPS) is 11.8. The number of amides is 1. The van der Waals surface area contributed by atoms with Crippen molar-refractivity contribution < 1.29 is 9.18 Å². The third kappa shape index (κ3) is 6.55. The van der Waals surface area contributed by atoms with Crippen LogP contribution < -0.4 is 10.6 Å². The van der Waals surface area contributed by atoms with Gasteiger partial charge in [-0.25, -0.2) is 4.39 Å². The second kappa shape index (κ2) is 8.88. The van der Waals surface area contributed by atoms with Gasteiger partial charge < -0.3 is 10.6 Å². The van der Waals surface area contributed by atoms with Crippen molar-refractivity contribution in [2.45, 2.75) is 26.3 Å². The topological polar surface area (TPSA) is 41.1 Å². The van der Waals surface area contributed by atoms with Gasteiger partial charge in [-0.3, -0.25) is 4.79 Å². The Morgan fingerprint density at radius 2 is 1.84 bits per heavy atom. The quantitative estimate of drug-likeness (QED) is 0.842. The molecule has 1 aromatic carbocycles. The number of carbonyl (C=O) groups excluding carboxylic acids is 1. The predicted molar refractivity (Wildman–Crippen MR) is 78.0 cm³/mol. The molecule has 0 aliphatic rings. The lowest BCUT2D eigenvalue weighted by Gasteiger charge is -2.22. The van der Waals surface area contributed by atoms with E-state index in [1.54, 1.807) is 19.2 Å². The first kappa shape index (κ1) is 17.9. The molecule has 0 aliphatic heterocycles. The molecule has 5 heteroatoms. The molecule has 19 heavy (non-hydrogen) atoms. The summed E-state index contributed by atoms with van der Waals surface area (Å²) in [5.74, 6) is 0.0771. The van der Waals surface area contributed by atoms with Crippen LogP contribution in [0.2, 0.25) is 0 Å². The van der Waals surface area contributed by atoms with Gasteiger partial charge in [-0.1, -0.05) is 26.0 Å². The Hall–Kier alpha value is -1.13. The maximum atomic E-state index is 12.8. The summed E-state index contributed by atoms with van der Waals surface area (Å²) in [5.41, 5.74) is 1.03. The van der Waals surface area contributed by atoms with E-state index in [1.807, 2.05) is 0 Å². The van der Waals surface area contributed by atoms with Crippen molar-refractivity contribution in [2.24, 2.45) is 5.92 Å². The minimum absolute atomic E-state index is 0. The van der Waals surface area contributed by atoms with Gasteiger partial charge in [-0.2, -0.15) is 0 Å². The van der Waals surface area contributed by atoms with Crippen molar-refractivity contribution in [2.75, 3.05) is 13.6 Å². The Kier molecular flexibility index (Phi) is 8.35. The molecule has 3 nitrogen and oxygen atoms in total. The van der Waals surface area contributed by atoms with E-state index < -0.39 is 0 Å². The first-order valence-electron chi connectivity index (χ1n) is 6.21. The fraction of sp³-hybridized carbons (Fsp3) is 0.500. The summed E-state index contributed by atoms with van der Waals surface area (Å²) < 4.78 is 12.8. The van der Waals surface area contributed by atoms with Crippen molar-refractivity contribution in [3.8, 4) is 0 Å². The second-order valence-corrected chi connectivity index (χ2v) is 4.78. The Labute approximate surface area is 120 Å². The van der Waals surface area contributed by atoms with Crippen LogP contribution in [-0.2, 0) is 11.2 Å². The van der Waals surface area contributed by atoms with Crippen LogP contribution in [0.5, 0.6) is 0 Å². The van der Waals surface area contributed by atoms with Gasteiger partial charge in [-0.15, -0.1) is 12.4 Å². The molecule has 0 aromatic heterocycles. The molecule has 0 spiro atoms. The van der Waals surface area contributed by atoms with Gasteiger partial charge in [0.15, 0.2) is 0 Å². The van der Waals surface area contributed by atoms with Gasteiger partial charge in [0.25, 0.3) is 0 Å². The molecular formula is C14H22ClFN2O. The lowest BCUT2D eigenvalue weighted by molar-refractivity contribution is -0.121. The van der Waals surface area contributed by atoms with Crippen molar-refractivity contribution in [1.82, 2.24) is 10.6 Å². The summed E-state index contributed by atoms with van der Waals surface area (Å²) in [5, 5.41) is 5.81. The molecule has 1 rings (SSSR count). The molecule has 0 aliphatic carbocycles. The third-order valence-corrected chi connectivity index (χ3v) is 2.86. The van der Waals surface area contributed by atoms with E-state index >= 15 is 0 Å². The minimum Gasteiger partial charge on any atom is -0.352 e. The molecule has 1 amide bonds. The van der Waals surface area contributed by atoms with Crippen molar-refractivity contribution in [3.05, 3.63) is 35.6 Å². The minimum atomic E-state index is -0.237. The molecule has 0 fully saturated rings. The van der Waals surface area contributed by atoms with E-state index in [4.69, 9.17) is 0 Å². The number of nitrogens with one attached hydrogen (secondary N) is 2. The lowest BCUT2D eigenvalue weighted by Crippen LogP contribution is -2.43. The summed E-state index contributed by atoms with van der Waals surface area (Å²) in [6, 6.07) is 6.48. The summed E-state index contributed by atoms with van der Waals surface area (Å²) in [6.07, 6.45) is 0.716.